The number of hydrogen-bond donors (Lipinski definition) is 0. The van der Waals surface area contributed by atoms with Gasteiger partial charge in [-0.05, 0) is 25.7 Å². The fraction of sp³-hybridized carbons (Fsp3) is 1.00. The van der Waals surface area contributed by atoms with Crippen LogP contribution in [0.1, 0.15) is 32.1 Å². The van der Waals surface area contributed by atoms with Crippen LogP contribution in [0.4, 0.5) is 0 Å². The highest BCUT2D eigenvalue weighted by atomic mass is 16.3. The third-order valence-electron chi connectivity index (χ3n) is 3.07. The molecule has 2 heteroatoms. The minimum Gasteiger partial charge on any atom is -0.300 e. The summed E-state index contributed by atoms with van der Waals surface area (Å²) in [6, 6.07) is 0.850. The second-order valence-electron chi connectivity index (χ2n) is 3.82. The van der Waals surface area contributed by atoms with Gasteiger partial charge in [-0.3, -0.25) is 0 Å². The molecule has 11 heavy (non-hydrogen) atoms. The van der Waals surface area contributed by atoms with Gasteiger partial charge < -0.3 is 4.90 Å². The van der Waals surface area contributed by atoms with E-state index in [2.05, 4.69) is 4.90 Å². The molecule has 1 saturated heterocycles. The van der Waals surface area contributed by atoms with Crippen molar-refractivity contribution in [2.45, 2.75) is 44.2 Å². The monoisotopic (exact) mass is 154 g/mol. The molecule has 1 aliphatic heterocycles. The minimum absolute atomic E-state index is 0.258. The largest absolute Gasteiger partial charge is 0.300 e. The van der Waals surface area contributed by atoms with E-state index in [1.54, 1.807) is 0 Å². The predicted octanol–water partition coefficient (Wildman–Crippen LogP) is 1.43. The van der Waals surface area contributed by atoms with E-state index in [-0.39, 0.29) is 6.10 Å². The molecule has 1 heterocycles. The molecule has 2 aliphatic rings. The average molecular weight is 154 g/mol. The van der Waals surface area contributed by atoms with Crippen molar-refractivity contribution in [2.75, 3.05) is 13.1 Å². The van der Waals surface area contributed by atoms with Crippen LogP contribution in [0.2, 0.25) is 0 Å². The normalized spacial score (nSPS) is 30.3. The van der Waals surface area contributed by atoms with Gasteiger partial charge in [0, 0.05) is 19.1 Å². The Kier molecular flexibility index (Phi) is 2.14. The van der Waals surface area contributed by atoms with Gasteiger partial charge in [-0.1, -0.05) is 6.42 Å². The van der Waals surface area contributed by atoms with Crippen molar-refractivity contribution in [3.8, 4) is 0 Å². The Labute approximate surface area is 68.2 Å². The Morgan fingerprint density at radius 2 is 1.64 bits per heavy atom. The second-order valence-corrected chi connectivity index (χ2v) is 3.82. The molecule has 0 N–H and O–H groups in total. The van der Waals surface area contributed by atoms with E-state index in [1.807, 2.05) is 0 Å². The fourth-order valence-electron chi connectivity index (χ4n) is 1.99. The van der Waals surface area contributed by atoms with Gasteiger partial charge in [0.15, 0.2) is 0 Å². The molecule has 2 nitrogen and oxygen atoms in total. The topological polar surface area (TPSA) is 23.1 Å². The first-order valence-electron chi connectivity index (χ1n) is 4.76. The van der Waals surface area contributed by atoms with Crippen LogP contribution in [0.5, 0.6) is 0 Å². The molecule has 1 radical (unpaired) electrons. The molecule has 0 aromatic rings. The molecule has 0 unspecified atom stereocenters. The van der Waals surface area contributed by atoms with Gasteiger partial charge in [0.1, 0.15) is 0 Å². The first-order valence-corrected chi connectivity index (χ1v) is 4.76. The molecular weight excluding hydrogens is 138 g/mol. The Morgan fingerprint density at radius 3 is 2.09 bits per heavy atom. The lowest BCUT2D eigenvalue weighted by atomic mass is 9.90. The third-order valence-corrected chi connectivity index (χ3v) is 3.07. The summed E-state index contributed by atoms with van der Waals surface area (Å²) in [5.74, 6) is 0. The Balaban J connectivity index is 1.77. The maximum absolute atomic E-state index is 11.0. The van der Waals surface area contributed by atoms with E-state index < -0.39 is 0 Å². The van der Waals surface area contributed by atoms with Crippen molar-refractivity contribution in [2.24, 2.45) is 0 Å². The molecule has 2 fully saturated rings. The van der Waals surface area contributed by atoms with Gasteiger partial charge in [0.25, 0.3) is 0 Å². The van der Waals surface area contributed by atoms with Gasteiger partial charge in [-0.15, -0.1) is 0 Å². The van der Waals surface area contributed by atoms with Crippen LogP contribution in [-0.2, 0) is 5.11 Å². The number of likely N-dealkylation sites (tertiary alicyclic amines) is 1. The molecule has 2 rings (SSSR count). The highest BCUT2D eigenvalue weighted by Crippen LogP contribution is 2.27. The van der Waals surface area contributed by atoms with E-state index in [9.17, 15) is 5.11 Å². The zero-order valence-corrected chi connectivity index (χ0v) is 6.96. The Hall–Kier alpha value is -0.0800. The average Bonchev–Trinajstić information content (AvgIpc) is 1.90. The summed E-state index contributed by atoms with van der Waals surface area (Å²) in [6.45, 7) is 2.14. The lowest BCUT2D eigenvalue weighted by Crippen LogP contribution is -2.45. The minimum atomic E-state index is -0.258. The zero-order valence-electron chi connectivity index (χ0n) is 6.96. The van der Waals surface area contributed by atoms with Crippen LogP contribution in [0.3, 0.4) is 0 Å². The molecule has 63 valence electrons. The maximum atomic E-state index is 11.0. The zero-order chi connectivity index (χ0) is 7.68. The summed E-state index contributed by atoms with van der Waals surface area (Å²) < 4.78 is 0. The van der Waals surface area contributed by atoms with E-state index >= 15 is 0 Å². The Bertz CT molecular complexity index is 126. The van der Waals surface area contributed by atoms with Crippen LogP contribution in [0.25, 0.3) is 0 Å². The molecule has 1 saturated carbocycles. The first kappa shape index (κ1) is 7.56. The molecule has 0 atom stereocenters. The number of rotatable bonds is 1. The summed E-state index contributed by atoms with van der Waals surface area (Å²) in [6.07, 6.45) is 5.67. The van der Waals surface area contributed by atoms with Crippen molar-refractivity contribution in [3.05, 3.63) is 0 Å². The van der Waals surface area contributed by atoms with Gasteiger partial charge in [0.2, 0.25) is 0 Å². The van der Waals surface area contributed by atoms with Crippen molar-refractivity contribution < 1.29 is 5.11 Å². The van der Waals surface area contributed by atoms with Crippen molar-refractivity contribution in [3.63, 3.8) is 0 Å². The number of nitrogens with zero attached hydrogens (tertiary/aromatic N) is 1. The van der Waals surface area contributed by atoms with Gasteiger partial charge in [-0.2, -0.15) is 0 Å². The van der Waals surface area contributed by atoms with Crippen LogP contribution in [-0.4, -0.2) is 30.1 Å². The molecular formula is C9H16NO. The Morgan fingerprint density at radius 1 is 1.00 bits per heavy atom. The van der Waals surface area contributed by atoms with Gasteiger partial charge >= 0.3 is 0 Å². The summed E-state index contributed by atoms with van der Waals surface area (Å²) in [4.78, 5) is 2.51. The molecule has 1 aliphatic carbocycles. The summed E-state index contributed by atoms with van der Waals surface area (Å²) in [5.41, 5.74) is 0. The molecule has 0 amide bonds. The third kappa shape index (κ3) is 1.57. The SMILES string of the molecule is [O]C1CCN(C2CCC2)CC1. The van der Waals surface area contributed by atoms with E-state index in [1.165, 1.54) is 19.3 Å². The highest BCUT2D eigenvalue weighted by molar-refractivity contribution is 4.83. The fourth-order valence-corrected chi connectivity index (χ4v) is 1.99. The van der Waals surface area contributed by atoms with E-state index in [0.29, 0.717) is 0 Å². The lowest BCUT2D eigenvalue weighted by Gasteiger charge is -2.40. The van der Waals surface area contributed by atoms with Crippen molar-refractivity contribution in [1.29, 1.82) is 0 Å². The quantitative estimate of drug-likeness (QED) is 0.560. The smallest absolute Gasteiger partial charge is 0.0954 e. The summed E-state index contributed by atoms with van der Waals surface area (Å²) in [7, 11) is 0. The summed E-state index contributed by atoms with van der Waals surface area (Å²) >= 11 is 0. The number of piperidine rings is 1. The molecule has 0 aromatic carbocycles. The number of hydrogen-bond acceptors (Lipinski definition) is 1. The van der Waals surface area contributed by atoms with Crippen LogP contribution in [0.15, 0.2) is 0 Å². The van der Waals surface area contributed by atoms with Crippen LogP contribution in [0, 0.1) is 0 Å². The van der Waals surface area contributed by atoms with Gasteiger partial charge in [0.05, 0.1) is 6.10 Å². The van der Waals surface area contributed by atoms with Crippen molar-refractivity contribution >= 4 is 0 Å². The second kappa shape index (κ2) is 3.11. The predicted molar refractivity (Wildman–Crippen MR) is 42.9 cm³/mol. The van der Waals surface area contributed by atoms with Crippen LogP contribution < -0.4 is 0 Å². The summed E-state index contributed by atoms with van der Waals surface area (Å²) in [5, 5.41) is 11.0. The highest BCUT2D eigenvalue weighted by Gasteiger charge is 2.28. The molecule has 0 aromatic heterocycles. The van der Waals surface area contributed by atoms with Crippen molar-refractivity contribution in [1.82, 2.24) is 4.90 Å². The van der Waals surface area contributed by atoms with Gasteiger partial charge in [-0.25, -0.2) is 5.11 Å². The molecule has 0 spiro atoms. The van der Waals surface area contributed by atoms with E-state index in [4.69, 9.17) is 0 Å². The lowest BCUT2D eigenvalue weighted by molar-refractivity contribution is 0.00234. The van der Waals surface area contributed by atoms with E-state index in [0.717, 1.165) is 32.0 Å². The standard InChI is InChI=1S/C9H16NO/c11-9-4-6-10(7-5-9)8-2-1-3-8/h8-9H,1-7H2. The van der Waals surface area contributed by atoms with Crippen LogP contribution >= 0.6 is 0 Å². The first-order chi connectivity index (χ1) is 5.36. The maximum Gasteiger partial charge on any atom is 0.0954 e. The molecule has 0 bridgehead atoms.